The van der Waals surface area contributed by atoms with Crippen molar-refractivity contribution in [1.82, 2.24) is 0 Å². The van der Waals surface area contributed by atoms with E-state index in [1.807, 2.05) is 30.3 Å². The van der Waals surface area contributed by atoms with Crippen molar-refractivity contribution in [1.29, 1.82) is 0 Å². The van der Waals surface area contributed by atoms with Crippen molar-refractivity contribution >= 4 is 28.8 Å². The molecule has 3 N–H and O–H groups in total. The number of aryl methyl sites for hydroxylation is 1. The highest BCUT2D eigenvalue weighted by Crippen LogP contribution is 2.29. The summed E-state index contributed by atoms with van der Waals surface area (Å²) in [6.07, 6.45) is 2.08. The van der Waals surface area contributed by atoms with Crippen molar-refractivity contribution in [3.63, 3.8) is 0 Å². The van der Waals surface area contributed by atoms with Gasteiger partial charge in [-0.05, 0) is 49.1 Å². The fourth-order valence-corrected chi connectivity index (χ4v) is 2.27. The number of benzene rings is 2. The number of nitrogens with one attached hydrogen (secondary N) is 1. The summed E-state index contributed by atoms with van der Waals surface area (Å²) in [5.41, 5.74) is 9.93. The Kier molecular flexibility index (Phi) is 3.59. The van der Waals surface area contributed by atoms with Crippen LogP contribution in [0.4, 0.5) is 17.1 Å². The molecule has 2 rings (SSSR count). The minimum atomic E-state index is 0.797. The average molecular weight is 244 g/mol. The fraction of sp³-hybridized carbons (Fsp3) is 0.143. The van der Waals surface area contributed by atoms with Crippen LogP contribution in [0, 0.1) is 6.92 Å². The number of anilines is 3. The molecule has 0 amide bonds. The van der Waals surface area contributed by atoms with Crippen molar-refractivity contribution in [2.24, 2.45) is 0 Å². The van der Waals surface area contributed by atoms with Crippen molar-refractivity contribution in [3.8, 4) is 0 Å². The van der Waals surface area contributed by atoms with Gasteiger partial charge in [-0.1, -0.05) is 12.1 Å². The second kappa shape index (κ2) is 5.15. The molecule has 2 aromatic rings. The largest absolute Gasteiger partial charge is 0.399 e. The van der Waals surface area contributed by atoms with Crippen LogP contribution in [0.3, 0.4) is 0 Å². The van der Waals surface area contributed by atoms with Crippen LogP contribution in [0.1, 0.15) is 5.56 Å². The zero-order chi connectivity index (χ0) is 12.3. The first-order valence-corrected chi connectivity index (χ1v) is 6.69. The Hall–Kier alpha value is -1.61. The van der Waals surface area contributed by atoms with E-state index in [2.05, 4.69) is 30.6 Å². The Morgan fingerprint density at radius 2 is 1.82 bits per heavy atom. The second-order valence-electron chi connectivity index (χ2n) is 3.90. The zero-order valence-electron chi connectivity index (χ0n) is 10.0. The zero-order valence-corrected chi connectivity index (χ0v) is 10.8. The summed E-state index contributed by atoms with van der Waals surface area (Å²) in [7, 11) is 0. The molecule has 17 heavy (non-hydrogen) atoms. The van der Waals surface area contributed by atoms with Gasteiger partial charge in [0, 0.05) is 16.3 Å². The van der Waals surface area contributed by atoms with E-state index < -0.39 is 0 Å². The molecule has 0 aliphatic rings. The van der Waals surface area contributed by atoms with E-state index >= 15 is 0 Å². The van der Waals surface area contributed by atoms with Crippen molar-refractivity contribution in [3.05, 3.63) is 48.0 Å². The van der Waals surface area contributed by atoms with E-state index in [0.29, 0.717) is 0 Å². The van der Waals surface area contributed by atoms with Gasteiger partial charge in [-0.3, -0.25) is 0 Å². The first-order valence-electron chi connectivity index (χ1n) is 5.47. The van der Waals surface area contributed by atoms with E-state index in [1.54, 1.807) is 11.8 Å². The molecular formula is C14H16N2S. The molecule has 2 nitrogen and oxygen atoms in total. The average Bonchev–Trinajstić information content (AvgIpc) is 2.33. The molecule has 0 radical (unpaired) electrons. The summed E-state index contributed by atoms with van der Waals surface area (Å²) in [5.74, 6) is 0. The van der Waals surface area contributed by atoms with Crippen LogP contribution >= 0.6 is 11.8 Å². The molecule has 0 atom stereocenters. The lowest BCUT2D eigenvalue weighted by Gasteiger charge is -2.12. The van der Waals surface area contributed by atoms with Crippen molar-refractivity contribution < 1.29 is 0 Å². The predicted octanol–water partition coefficient (Wildman–Crippen LogP) is 4.04. The molecule has 0 bridgehead atoms. The summed E-state index contributed by atoms with van der Waals surface area (Å²) >= 11 is 1.74. The number of hydrogen-bond donors (Lipinski definition) is 2. The van der Waals surface area contributed by atoms with Crippen molar-refractivity contribution in [2.45, 2.75) is 11.8 Å². The Morgan fingerprint density at radius 1 is 1.06 bits per heavy atom. The van der Waals surface area contributed by atoms with E-state index in [1.165, 1.54) is 4.90 Å². The first-order chi connectivity index (χ1) is 8.20. The molecule has 0 heterocycles. The van der Waals surface area contributed by atoms with Gasteiger partial charge in [0.1, 0.15) is 0 Å². The summed E-state index contributed by atoms with van der Waals surface area (Å²) in [6, 6.07) is 14.2. The summed E-state index contributed by atoms with van der Waals surface area (Å²) in [5, 5.41) is 3.44. The molecule has 3 heteroatoms. The third-order valence-electron chi connectivity index (χ3n) is 2.63. The molecule has 0 unspecified atom stereocenters. The number of nitrogen functional groups attached to an aromatic ring is 1. The molecule has 0 saturated heterocycles. The standard InChI is InChI=1S/C14H16N2S/c1-10-9-11(15)7-8-12(10)16-13-5-3-4-6-14(13)17-2/h3-9,16H,15H2,1-2H3. The monoisotopic (exact) mass is 244 g/mol. The first kappa shape index (κ1) is 11.9. The Morgan fingerprint density at radius 3 is 2.53 bits per heavy atom. The molecule has 0 aromatic heterocycles. The summed E-state index contributed by atoms with van der Waals surface area (Å²) in [6.45, 7) is 2.06. The number of thioether (sulfide) groups is 1. The molecule has 0 spiro atoms. The van der Waals surface area contributed by atoms with Gasteiger partial charge in [-0.15, -0.1) is 11.8 Å². The van der Waals surface area contributed by atoms with Gasteiger partial charge in [0.2, 0.25) is 0 Å². The van der Waals surface area contributed by atoms with Gasteiger partial charge >= 0.3 is 0 Å². The van der Waals surface area contributed by atoms with Gasteiger partial charge in [-0.2, -0.15) is 0 Å². The van der Waals surface area contributed by atoms with Gasteiger partial charge in [0.25, 0.3) is 0 Å². The topological polar surface area (TPSA) is 38.0 Å². The molecule has 0 saturated carbocycles. The molecule has 0 aliphatic heterocycles. The van der Waals surface area contributed by atoms with Gasteiger partial charge in [0.15, 0.2) is 0 Å². The lowest BCUT2D eigenvalue weighted by atomic mass is 10.1. The van der Waals surface area contributed by atoms with E-state index in [9.17, 15) is 0 Å². The van der Waals surface area contributed by atoms with Crippen LogP contribution in [-0.2, 0) is 0 Å². The second-order valence-corrected chi connectivity index (χ2v) is 4.75. The van der Waals surface area contributed by atoms with Crippen LogP contribution in [0.5, 0.6) is 0 Å². The maximum absolute atomic E-state index is 5.75. The lowest BCUT2D eigenvalue weighted by molar-refractivity contribution is 1.38. The molecule has 0 fully saturated rings. The van der Waals surface area contributed by atoms with E-state index in [-0.39, 0.29) is 0 Å². The summed E-state index contributed by atoms with van der Waals surface area (Å²) < 4.78 is 0. The predicted molar refractivity (Wildman–Crippen MR) is 77.1 cm³/mol. The summed E-state index contributed by atoms with van der Waals surface area (Å²) in [4.78, 5) is 1.24. The van der Waals surface area contributed by atoms with Crippen molar-refractivity contribution in [2.75, 3.05) is 17.3 Å². The maximum Gasteiger partial charge on any atom is 0.0522 e. The number of hydrogen-bond acceptors (Lipinski definition) is 3. The highest BCUT2D eigenvalue weighted by atomic mass is 32.2. The van der Waals surface area contributed by atoms with Crippen LogP contribution < -0.4 is 11.1 Å². The number of nitrogens with two attached hydrogens (primary N) is 1. The molecule has 2 aromatic carbocycles. The van der Waals surface area contributed by atoms with E-state index in [0.717, 1.165) is 22.6 Å². The fourth-order valence-electron chi connectivity index (χ4n) is 1.72. The van der Waals surface area contributed by atoms with Crippen LogP contribution in [0.2, 0.25) is 0 Å². The Labute approximate surface area is 106 Å². The van der Waals surface area contributed by atoms with Crippen LogP contribution in [0.15, 0.2) is 47.4 Å². The minimum Gasteiger partial charge on any atom is -0.399 e. The third-order valence-corrected chi connectivity index (χ3v) is 3.42. The Balaban J connectivity index is 2.31. The van der Waals surface area contributed by atoms with Crippen LogP contribution in [-0.4, -0.2) is 6.26 Å². The molecule has 88 valence electrons. The van der Waals surface area contributed by atoms with Crippen LogP contribution in [0.25, 0.3) is 0 Å². The number of rotatable bonds is 3. The smallest absolute Gasteiger partial charge is 0.0522 e. The number of para-hydroxylation sites is 1. The quantitative estimate of drug-likeness (QED) is 0.632. The van der Waals surface area contributed by atoms with Gasteiger partial charge in [0.05, 0.1) is 5.69 Å². The minimum absolute atomic E-state index is 0.797. The van der Waals surface area contributed by atoms with Gasteiger partial charge in [-0.25, -0.2) is 0 Å². The molecule has 0 aliphatic carbocycles. The molecular weight excluding hydrogens is 228 g/mol. The Bertz CT molecular complexity index is 523. The van der Waals surface area contributed by atoms with E-state index in [4.69, 9.17) is 5.73 Å². The highest BCUT2D eigenvalue weighted by Gasteiger charge is 2.03. The lowest BCUT2D eigenvalue weighted by Crippen LogP contribution is -1.95. The third kappa shape index (κ3) is 2.74. The maximum atomic E-state index is 5.75. The van der Waals surface area contributed by atoms with Gasteiger partial charge < -0.3 is 11.1 Å². The SMILES string of the molecule is CSc1ccccc1Nc1ccc(N)cc1C. The highest BCUT2D eigenvalue weighted by molar-refractivity contribution is 7.98. The normalized spacial score (nSPS) is 10.2.